The minimum absolute atomic E-state index is 0.394. The van der Waals surface area contributed by atoms with Crippen molar-refractivity contribution in [3.05, 3.63) is 284 Å². The number of rotatable bonds is 6. The van der Waals surface area contributed by atoms with Gasteiger partial charge in [0.05, 0.1) is 11.1 Å². The van der Waals surface area contributed by atoms with E-state index in [1.165, 1.54) is 105 Å². The maximum atomic E-state index is 5.30. The van der Waals surface area contributed by atoms with Crippen LogP contribution in [-0.2, 0) is 5.41 Å². The molecule has 0 radical (unpaired) electrons. The van der Waals surface area contributed by atoms with Crippen LogP contribution in [0.5, 0.6) is 0 Å². The third kappa shape index (κ3) is 7.22. The average Bonchev–Trinajstić information content (AvgIpc) is 3.91. The lowest BCUT2D eigenvalue weighted by atomic mass is 9.70. The van der Waals surface area contributed by atoms with E-state index in [-0.39, 0.29) is 0 Å². The third-order valence-electron chi connectivity index (χ3n) is 14.1. The highest BCUT2D eigenvalue weighted by molar-refractivity contribution is 6.22. The molecule has 0 atom stereocenters. The van der Waals surface area contributed by atoms with Crippen molar-refractivity contribution in [3.63, 3.8) is 0 Å². The average molecular weight is 896 g/mol. The Hall–Kier alpha value is -8.65. The van der Waals surface area contributed by atoms with Crippen molar-refractivity contribution in [2.24, 2.45) is 0 Å². The zero-order valence-electron chi connectivity index (χ0n) is 39.9. The number of hydrogen-bond donors (Lipinski definition) is 0. The highest BCUT2D eigenvalue weighted by Crippen LogP contribution is 2.63. The molecule has 0 aliphatic heterocycles. The largest absolute Gasteiger partial charge is 0.256 e. The van der Waals surface area contributed by atoms with Crippen LogP contribution in [0.3, 0.4) is 0 Å². The molecule has 0 saturated carbocycles. The molecular weight excluding hydrogens is 843 g/mol. The second kappa shape index (κ2) is 18.8. The Morgan fingerprint density at radius 3 is 1.31 bits per heavy atom. The van der Waals surface area contributed by atoms with Crippen molar-refractivity contribution in [1.82, 2.24) is 4.98 Å². The quantitative estimate of drug-likeness (QED) is 0.120. The van der Waals surface area contributed by atoms with Gasteiger partial charge >= 0.3 is 0 Å². The zero-order valence-corrected chi connectivity index (χ0v) is 39.9. The maximum absolute atomic E-state index is 5.30. The summed E-state index contributed by atoms with van der Waals surface area (Å²) in [7, 11) is 0. The zero-order chi connectivity index (χ0) is 47.6. The topological polar surface area (TPSA) is 12.9 Å². The summed E-state index contributed by atoms with van der Waals surface area (Å²) in [6.45, 7) is 9.42. The molecule has 1 heterocycles. The van der Waals surface area contributed by atoms with Crippen LogP contribution in [0.1, 0.15) is 43.0 Å². The van der Waals surface area contributed by atoms with Gasteiger partial charge in [0, 0.05) is 17.3 Å². The van der Waals surface area contributed by atoms with Crippen LogP contribution < -0.4 is 0 Å². The molecule has 334 valence electrons. The SMILES string of the molecule is C=C/C=C\C.CC.c1ccc(-c2ccc(-c3c4ccccc4c(-c4ccc(-c5ccc6c(c5)C5(c7ccccc7-c7ccccc75)c5ccccc5-6)nc4)c4ccc(-c5ccccc5)cc34)cc2)cc1. The van der Waals surface area contributed by atoms with Crippen molar-refractivity contribution in [2.75, 3.05) is 0 Å². The number of pyridine rings is 1. The van der Waals surface area contributed by atoms with Gasteiger partial charge in [0.2, 0.25) is 0 Å². The summed E-state index contributed by atoms with van der Waals surface area (Å²) in [5, 5.41) is 4.87. The molecule has 1 aromatic heterocycles. The van der Waals surface area contributed by atoms with Crippen molar-refractivity contribution >= 4 is 21.5 Å². The van der Waals surface area contributed by atoms with Crippen LogP contribution in [0.2, 0.25) is 0 Å². The first kappa shape index (κ1) is 43.9. The Bertz CT molecular complexity index is 3660. The van der Waals surface area contributed by atoms with E-state index in [9.17, 15) is 0 Å². The van der Waals surface area contributed by atoms with E-state index in [0.29, 0.717) is 0 Å². The monoisotopic (exact) mass is 895 g/mol. The standard InChI is InChI=1S/C62H39N.C5H8.C2H6/c1-3-15-40(16-4-1)42-27-29-43(30-28-42)60-51-22-7-8-23-52(51)61(53-35-31-44(37-54(53)60)41-17-5-2-6-18-41)46-33-36-59(63-39-46)45-32-34-50-49-21-11-14-26-57(49)62(58(50)38-45)55-24-12-9-19-47(55)48-20-10-13-25-56(48)62;1-3-5-4-2;1-2/h1-39H;3-5H,1H2,2H3;1-2H3/b;5-4-;. The van der Waals surface area contributed by atoms with E-state index in [2.05, 4.69) is 243 Å². The molecule has 2 aliphatic carbocycles. The summed E-state index contributed by atoms with van der Waals surface area (Å²) >= 11 is 0. The van der Waals surface area contributed by atoms with Gasteiger partial charge in [0.25, 0.3) is 0 Å². The molecule has 1 nitrogen and oxygen atoms in total. The molecule has 11 aromatic rings. The van der Waals surface area contributed by atoms with Gasteiger partial charge in [-0.05, 0) is 130 Å². The molecule has 0 bridgehead atoms. The van der Waals surface area contributed by atoms with Crippen LogP contribution >= 0.6 is 0 Å². The second-order valence-corrected chi connectivity index (χ2v) is 17.7. The fraction of sp³-hybridized carbons (Fsp3) is 0.0580. The van der Waals surface area contributed by atoms with Gasteiger partial charge in [-0.3, -0.25) is 4.98 Å². The van der Waals surface area contributed by atoms with Crippen molar-refractivity contribution < 1.29 is 0 Å². The van der Waals surface area contributed by atoms with Crippen LogP contribution in [0.4, 0.5) is 0 Å². The predicted molar refractivity (Wildman–Crippen MR) is 299 cm³/mol. The second-order valence-electron chi connectivity index (χ2n) is 17.7. The van der Waals surface area contributed by atoms with Crippen LogP contribution in [-0.4, -0.2) is 4.98 Å². The number of aromatic nitrogens is 1. The van der Waals surface area contributed by atoms with Crippen LogP contribution in [0.25, 0.3) is 99.6 Å². The predicted octanol–water partition coefficient (Wildman–Crippen LogP) is 18.8. The van der Waals surface area contributed by atoms with Gasteiger partial charge in [-0.2, -0.15) is 0 Å². The molecule has 0 fully saturated rings. The highest BCUT2D eigenvalue weighted by Gasteiger charge is 2.51. The van der Waals surface area contributed by atoms with Crippen molar-refractivity contribution in [1.29, 1.82) is 0 Å². The van der Waals surface area contributed by atoms with Crippen molar-refractivity contribution in [2.45, 2.75) is 26.2 Å². The minimum atomic E-state index is -0.394. The fourth-order valence-corrected chi connectivity index (χ4v) is 11.2. The number of benzene rings is 10. The van der Waals surface area contributed by atoms with Crippen LogP contribution in [0, 0.1) is 0 Å². The minimum Gasteiger partial charge on any atom is -0.256 e. The smallest absolute Gasteiger partial charge is 0.0725 e. The van der Waals surface area contributed by atoms with Gasteiger partial charge in [0.1, 0.15) is 0 Å². The first-order valence-corrected chi connectivity index (χ1v) is 24.5. The Morgan fingerprint density at radius 1 is 0.357 bits per heavy atom. The number of allylic oxidation sites excluding steroid dienone is 3. The summed E-state index contributed by atoms with van der Waals surface area (Å²) in [6, 6.07) is 84.8. The fourth-order valence-electron chi connectivity index (χ4n) is 11.2. The molecule has 0 saturated heterocycles. The van der Waals surface area contributed by atoms with Gasteiger partial charge in [-0.15, -0.1) is 0 Å². The molecular formula is C69H53N. The van der Waals surface area contributed by atoms with Gasteiger partial charge in [0.15, 0.2) is 0 Å². The first-order valence-electron chi connectivity index (χ1n) is 24.5. The third-order valence-corrected chi connectivity index (χ3v) is 14.1. The Labute approximate surface area is 412 Å². The number of fused-ring (bicyclic) bond motifs is 12. The lowest BCUT2D eigenvalue weighted by molar-refractivity contribution is 0.794. The van der Waals surface area contributed by atoms with Gasteiger partial charge in [-0.1, -0.05) is 251 Å². The maximum Gasteiger partial charge on any atom is 0.0725 e. The van der Waals surface area contributed by atoms with E-state index < -0.39 is 5.41 Å². The highest BCUT2D eigenvalue weighted by atomic mass is 14.7. The summed E-state index contributed by atoms with van der Waals surface area (Å²) in [5.41, 5.74) is 21.9. The molecule has 0 N–H and O–H groups in total. The molecule has 0 amide bonds. The number of hydrogen-bond acceptors (Lipinski definition) is 1. The number of nitrogens with zero attached hydrogens (tertiary/aromatic N) is 1. The molecule has 13 rings (SSSR count). The van der Waals surface area contributed by atoms with Gasteiger partial charge in [-0.25, -0.2) is 0 Å². The molecule has 0 unspecified atom stereocenters. The van der Waals surface area contributed by atoms with E-state index in [0.717, 1.165) is 16.8 Å². The Kier molecular flexibility index (Phi) is 11.8. The van der Waals surface area contributed by atoms with Gasteiger partial charge < -0.3 is 0 Å². The van der Waals surface area contributed by atoms with E-state index in [4.69, 9.17) is 4.98 Å². The van der Waals surface area contributed by atoms with E-state index >= 15 is 0 Å². The molecule has 1 heteroatoms. The normalized spacial score (nSPS) is 12.3. The molecule has 70 heavy (non-hydrogen) atoms. The molecule has 2 aliphatic rings. The first-order chi connectivity index (χ1) is 34.7. The van der Waals surface area contributed by atoms with E-state index in [1.54, 1.807) is 6.08 Å². The lowest BCUT2D eigenvalue weighted by Crippen LogP contribution is -2.25. The molecule has 10 aromatic carbocycles. The molecule has 1 spiro atoms. The van der Waals surface area contributed by atoms with Crippen molar-refractivity contribution in [3.8, 4) is 78.0 Å². The Balaban J connectivity index is 0.000000719. The van der Waals surface area contributed by atoms with E-state index in [1.807, 2.05) is 32.9 Å². The summed E-state index contributed by atoms with van der Waals surface area (Å²) < 4.78 is 0. The summed E-state index contributed by atoms with van der Waals surface area (Å²) in [6.07, 6.45) is 7.67. The Morgan fingerprint density at radius 2 is 0.786 bits per heavy atom. The summed E-state index contributed by atoms with van der Waals surface area (Å²) in [5.74, 6) is 0. The summed E-state index contributed by atoms with van der Waals surface area (Å²) in [4.78, 5) is 5.30. The van der Waals surface area contributed by atoms with Crippen LogP contribution in [0.15, 0.2) is 262 Å². The lowest BCUT2D eigenvalue weighted by Gasteiger charge is -2.30.